The van der Waals surface area contributed by atoms with Crippen molar-refractivity contribution in [1.82, 2.24) is 20.9 Å². The van der Waals surface area contributed by atoms with Crippen LogP contribution < -0.4 is 20.7 Å². The SMILES string of the molecule is C=CCNC(=O)[C@@H](Cc1ccccc1)NC(=O)[C@@H](C)N(C)C(=O)C(NCC(C)(C)Oc1ccccc1C=C)C(C)CC. The molecule has 4 atom stereocenters. The van der Waals surface area contributed by atoms with E-state index < -0.39 is 29.6 Å². The second-order valence-corrected chi connectivity index (χ2v) is 11.3. The van der Waals surface area contributed by atoms with Crippen LogP contribution >= 0.6 is 0 Å². The zero-order valence-corrected chi connectivity index (χ0v) is 26.0. The quantitative estimate of drug-likeness (QED) is 0.243. The van der Waals surface area contributed by atoms with E-state index in [0.29, 0.717) is 13.0 Å². The predicted octanol–water partition coefficient (Wildman–Crippen LogP) is 4.37. The summed E-state index contributed by atoms with van der Waals surface area (Å²) in [4.78, 5) is 41.4. The molecule has 0 saturated carbocycles. The number of likely N-dealkylation sites (N-methyl/N-ethyl adjacent to an activating group) is 1. The second-order valence-electron chi connectivity index (χ2n) is 11.3. The van der Waals surface area contributed by atoms with Gasteiger partial charge < -0.3 is 25.6 Å². The first kappa shape index (κ1) is 34.3. The van der Waals surface area contributed by atoms with Gasteiger partial charge in [-0.15, -0.1) is 6.58 Å². The van der Waals surface area contributed by atoms with Crippen molar-refractivity contribution < 1.29 is 19.1 Å². The van der Waals surface area contributed by atoms with Crippen LogP contribution in [0.1, 0.15) is 52.2 Å². The molecule has 0 aliphatic rings. The second kappa shape index (κ2) is 16.5. The van der Waals surface area contributed by atoms with Gasteiger partial charge in [0.05, 0.1) is 6.04 Å². The molecule has 0 saturated heterocycles. The molecule has 2 rings (SSSR count). The molecule has 2 aromatic carbocycles. The lowest BCUT2D eigenvalue weighted by molar-refractivity contribution is -0.141. The predicted molar refractivity (Wildman–Crippen MR) is 170 cm³/mol. The Morgan fingerprint density at radius 1 is 1.00 bits per heavy atom. The van der Waals surface area contributed by atoms with Crippen LogP contribution in [-0.4, -0.2) is 66.5 Å². The van der Waals surface area contributed by atoms with E-state index in [1.54, 1.807) is 26.1 Å². The smallest absolute Gasteiger partial charge is 0.243 e. The first-order chi connectivity index (χ1) is 19.9. The van der Waals surface area contributed by atoms with Gasteiger partial charge in [0, 0.05) is 32.1 Å². The van der Waals surface area contributed by atoms with E-state index in [4.69, 9.17) is 4.74 Å². The van der Waals surface area contributed by atoms with Gasteiger partial charge in [0.25, 0.3) is 0 Å². The fourth-order valence-electron chi connectivity index (χ4n) is 4.43. The molecule has 2 unspecified atom stereocenters. The van der Waals surface area contributed by atoms with Crippen molar-refractivity contribution in [2.24, 2.45) is 5.92 Å². The van der Waals surface area contributed by atoms with Crippen LogP contribution in [0.2, 0.25) is 0 Å². The molecule has 0 bridgehead atoms. The summed E-state index contributed by atoms with van der Waals surface area (Å²) in [5, 5.41) is 9.03. The number of amides is 3. The lowest BCUT2D eigenvalue weighted by atomic mass is 9.96. The molecule has 8 heteroatoms. The van der Waals surface area contributed by atoms with Gasteiger partial charge in [-0.05, 0) is 38.3 Å². The maximum absolute atomic E-state index is 13.8. The van der Waals surface area contributed by atoms with E-state index in [9.17, 15) is 14.4 Å². The molecular weight excluding hydrogens is 528 g/mol. The molecule has 0 aromatic heterocycles. The molecule has 0 aliphatic carbocycles. The highest BCUT2D eigenvalue weighted by Crippen LogP contribution is 2.24. The summed E-state index contributed by atoms with van der Waals surface area (Å²) in [6, 6.07) is 15.0. The Balaban J connectivity index is 2.13. The van der Waals surface area contributed by atoms with Crippen molar-refractivity contribution in [3.63, 3.8) is 0 Å². The van der Waals surface area contributed by atoms with Crippen LogP contribution in [0.5, 0.6) is 5.75 Å². The third kappa shape index (κ3) is 10.2. The van der Waals surface area contributed by atoms with Gasteiger partial charge in [0.2, 0.25) is 17.7 Å². The summed E-state index contributed by atoms with van der Waals surface area (Å²) in [7, 11) is 1.62. The maximum atomic E-state index is 13.8. The number of hydrogen-bond donors (Lipinski definition) is 3. The lowest BCUT2D eigenvalue weighted by Gasteiger charge is -2.35. The Kier molecular flexibility index (Phi) is 13.5. The van der Waals surface area contributed by atoms with Gasteiger partial charge in [-0.25, -0.2) is 0 Å². The highest BCUT2D eigenvalue weighted by molar-refractivity contribution is 5.93. The minimum atomic E-state index is -0.805. The van der Waals surface area contributed by atoms with Crippen LogP contribution in [0.4, 0.5) is 0 Å². The Morgan fingerprint density at radius 2 is 1.64 bits per heavy atom. The third-order valence-corrected chi connectivity index (χ3v) is 7.40. The zero-order chi connectivity index (χ0) is 31.3. The lowest BCUT2D eigenvalue weighted by Crippen LogP contribution is -2.58. The summed E-state index contributed by atoms with van der Waals surface area (Å²) < 4.78 is 6.29. The standard InChI is InChI=1S/C34H48N4O4/c1-9-21-35-32(40)28(22-26-17-13-12-14-18-26)37-31(39)25(5)38(8)33(41)30(24(4)10-2)36-23-34(6,7)42-29-20-16-15-19-27(29)11-3/h9,11-20,24-25,28,30,36H,1,3,10,21-23H2,2,4-8H3,(H,35,40)(H,37,39)/t24?,25-,28-,30?/m1/s1. The zero-order valence-electron chi connectivity index (χ0n) is 26.0. The Hall–Kier alpha value is -3.91. The number of nitrogens with one attached hydrogen (secondary N) is 3. The fourth-order valence-corrected chi connectivity index (χ4v) is 4.43. The van der Waals surface area contributed by atoms with Crippen molar-refractivity contribution in [3.8, 4) is 5.75 Å². The normalized spacial score (nSPS) is 14.0. The Bertz CT molecular complexity index is 1200. The average Bonchev–Trinajstić information content (AvgIpc) is 2.98. The molecular formula is C34H48N4O4. The molecule has 0 heterocycles. The van der Waals surface area contributed by atoms with Crippen molar-refractivity contribution in [2.45, 2.75) is 71.2 Å². The first-order valence-corrected chi connectivity index (χ1v) is 14.6. The average molecular weight is 577 g/mol. The minimum absolute atomic E-state index is 0.00184. The summed E-state index contributed by atoms with van der Waals surface area (Å²) in [6.45, 7) is 17.8. The largest absolute Gasteiger partial charge is 0.486 e. The van der Waals surface area contributed by atoms with Gasteiger partial charge in [-0.2, -0.15) is 0 Å². The molecule has 2 aromatic rings. The van der Waals surface area contributed by atoms with Crippen molar-refractivity contribution in [1.29, 1.82) is 0 Å². The molecule has 0 spiro atoms. The number of rotatable bonds is 17. The molecule has 0 radical (unpaired) electrons. The molecule has 3 N–H and O–H groups in total. The van der Waals surface area contributed by atoms with E-state index in [0.717, 1.165) is 23.3 Å². The van der Waals surface area contributed by atoms with Crippen LogP contribution in [0.25, 0.3) is 6.08 Å². The van der Waals surface area contributed by atoms with Gasteiger partial charge in [0.15, 0.2) is 0 Å². The number of nitrogens with zero attached hydrogens (tertiary/aromatic N) is 1. The van der Waals surface area contributed by atoms with Crippen molar-refractivity contribution >= 4 is 23.8 Å². The number of carbonyl (C=O) groups is 3. The summed E-state index contributed by atoms with van der Waals surface area (Å²) in [5.41, 5.74) is 1.18. The fraction of sp³-hybridized carbons (Fsp3) is 0.441. The molecule has 0 fully saturated rings. The van der Waals surface area contributed by atoms with E-state index in [1.807, 2.05) is 82.3 Å². The summed E-state index contributed by atoms with van der Waals surface area (Å²) in [5.74, 6) is -0.205. The van der Waals surface area contributed by atoms with Crippen LogP contribution in [-0.2, 0) is 20.8 Å². The van der Waals surface area contributed by atoms with Gasteiger partial charge in [-0.3, -0.25) is 14.4 Å². The number of hydrogen-bond acceptors (Lipinski definition) is 5. The topological polar surface area (TPSA) is 99.8 Å². The summed E-state index contributed by atoms with van der Waals surface area (Å²) in [6.07, 6.45) is 4.42. The third-order valence-electron chi connectivity index (χ3n) is 7.40. The number of ether oxygens (including phenoxy) is 1. The number of benzene rings is 2. The van der Waals surface area contributed by atoms with E-state index in [-0.39, 0.29) is 24.3 Å². The van der Waals surface area contributed by atoms with Crippen molar-refractivity contribution in [3.05, 3.63) is 85.0 Å². The number of carbonyl (C=O) groups excluding carboxylic acids is 3. The highest BCUT2D eigenvalue weighted by atomic mass is 16.5. The highest BCUT2D eigenvalue weighted by Gasteiger charge is 2.34. The van der Waals surface area contributed by atoms with Crippen LogP contribution in [0.15, 0.2) is 73.8 Å². The first-order valence-electron chi connectivity index (χ1n) is 14.6. The van der Waals surface area contributed by atoms with E-state index in [1.165, 1.54) is 4.90 Å². The number of para-hydroxylation sites is 1. The summed E-state index contributed by atoms with van der Waals surface area (Å²) >= 11 is 0. The molecule has 8 nitrogen and oxygen atoms in total. The molecule has 42 heavy (non-hydrogen) atoms. The molecule has 228 valence electrons. The minimum Gasteiger partial charge on any atom is -0.486 e. The molecule has 3 amide bonds. The van der Waals surface area contributed by atoms with E-state index in [2.05, 4.69) is 29.1 Å². The monoisotopic (exact) mass is 576 g/mol. The molecule has 0 aliphatic heterocycles. The van der Waals surface area contributed by atoms with Gasteiger partial charge >= 0.3 is 0 Å². The van der Waals surface area contributed by atoms with Gasteiger partial charge in [0.1, 0.15) is 23.4 Å². The van der Waals surface area contributed by atoms with Gasteiger partial charge in [-0.1, -0.05) is 87.5 Å². The maximum Gasteiger partial charge on any atom is 0.243 e. The van der Waals surface area contributed by atoms with Crippen molar-refractivity contribution in [2.75, 3.05) is 20.1 Å². The van der Waals surface area contributed by atoms with E-state index >= 15 is 0 Å². The Labute approximate surface area is 251 Å². The van der Waals surface area contributed by atoms with Crippen LogP contribution in [0.3, 0.4) is 0 Å². The Morgan fingerprint density at radius 3 is 2.26 bits per heavy atom. The van der Waals surface area contributed by atoms with Crippen LogP contribution in [0, 0.1) is 5.92 Å².